The molecule has 2 rings (SSSR count). The third-order valence-corrected chi connectivity index (χ3v) is 4.25. The zero-order chi connectivity index (χ0) is 23.1. The topological polar surface area (TPSA) is 140 Å². The molecule has 166 valence electrons. The van der Waals surface area contributed by atoms with Gasteiger partial charge in [-0.3, -0.25) is 0 Å². The molecule has 1 atom stereocenters. The highest BCUT2D eigenvalue weighted by Crippen LogP contribution is 2.30. The van der Waals surface area contributed by atoms with E-state index in [9.17, 15) is 5.26 Å². The van der Waals surface area contributed by atoms with Crippen LogP contribution in [0, 0.1) is 11.3 Å². The predicted octanol–water partition coefficient (Wildman–Crippen LogP) is 3.24. The van der Waals surface area contributed by atoms with E-state index in [1.54, 1.807) is 18.2 Å². The first kappa shape index (κ1) is 25.9. The second kappa shape index (κ2) is 14.8. The molecule has 0 aromatic heterocycles. The summed E-state index contributed by atoms with van der Waals surface area (Å²) in [5, 5.41) is 36.7. The van der Waals surface area contributed by atoms with Crippen LogP contribution in [0.15, 0.2) is 48.5 Å². The summed E-state index contributed by atoms with van der Waals surface area (Å²) in [5.41, 5.74) is 1.55. The zero-order valence-corrected chi connectivity index (χ0v) is 17.6. The average molecular weight is 449 g/mol. The molecule has 4 N–H and O–H groups in total. The lowest BCUT2D eigenvalue weighted by molar-refractivity contribution is -0.159. The number of carbonyl (C=O) groups is 2. The number of halogens is 1. The lowest BCUT2D eigenvalue weighted by atomic mass is 10.0. The molecule has 0 saturated heterocycles. The first-order valence-corrected chi connectivity index (χ1v) is 9.95. The Labute approximate surface area is 185 Å². The number of nitrogens with one attached hydrogen (secondary N) is 1. The van der Waals surface area contributed by atoms with Crippen molar-refractivity contribution >= 4 is 23.5 Å². The van der Waals surface area contributed by atoms with E-state index in [-0.39, 0.29) is 12.7 Å². The van der Waals surface area contributed by atoms with Gasteiger partial charge in [0, 0.05) is 17.7 Å². The van der Waals surface area contributed by atoms with Crippen LogP contribution in [0.2, 0.25) is 5.02 Å². The molecule has 0 bridgehead atoms. The normalized spacial score (nSPS) is 10.9. The second-order valence-electron chi connectivity index (χ2n) is 6.35. The lowest BCUT2D eigenvalue weighted by Gasteiger charge is -2.20. The molecule has 0 aliphatic rings. The van der Waals surface area contributed by atoms with Crippen molar-refractivity contribution in [2.75, 3.05) is 19.7 Å². The van der Waals surface area contributed by atoms with E-state index in [1.807, 2.05) is 30.3 Å². The lowest BCUT2D eigenvalue weighted by Crippen LogP contribution is -2.19. The third-order valence-electron chi connectivity index (χ3n) is 4.02. The Hall–Kier alpha value is -3.12. The van der Waals surface area contributed by atoms with E-state index in [0.717, 1.165) is 37.9 Å². The number of nitriles is 1. The number of rotatable bonds is 10. The second-order valence-corrected chi connectivity index (χ2v) is 6.79. The third kappa shape index (κ3) is 10.5. The minimum Gasteiger partial charge on any atom is -0.484 e. The summed E-state index contributed by atoms with van der Waals surface area (Å²) in [6.45, 7) is 1.86. The molecule has 0 radical (unpaired) electrons. The summed E-state index contributed by atoms with van der Waals surface area (Å²) < 4.78 is 6.16. The summed E-state index contributed by atoms with van der Waals surface area (Å²) >= 11 is 6.06. The molecule has 0 aliphatic carbocycles. The van der Waals surface area contributed by atoms with E-state index in [4.69, 9.17) is 41.2 Å². The van der Waals surface area contributed by atoms with E-state index in [2.05, 4.69) is 11.4 Å². The van der Waals surface area contributed by atoms with Crippen molar-refractivity contribution in [1.82, 2.24) is 5.32 Å². The number of aliphatic hydroxyl groups is 1. The van der Waals surface area contributed by atoms with E-state index in [1.165, 1.54) is 0 Å². The summed E-state index contributed by atoms with van der Waals surface area (Å²) in [6, 6.07) is 17.2. The Bertz CT molecular complexity index is 858. The van der Waals surface area contributed by atoms with Gasteiger partial charge in [-0.15, -0.1) is 0 Å². The number of benzene rings is 2. The van der Waals surface area contributed by atoms with Crippen LogP contribution in [-0.4, -0.2) is 47.0 Å². The summed E-state index contributed by atoms with van der Waals surface area (Å²) in [5.74, 6) is -3.14. The maximum Gasteiger partial charge on any atom is 0.414 e. The number of aliphatic hydroxyl groups excluding tert-OH is 1. The van der Waals surface area contributed by atoms with Crippen LogP contribution in [0.25, 0.3) is 0 Å². The molecule has 0 amide bonds. The van der Waals surface area contributed by atoms with E-state index in [0.29, 0.717) is 16.3 Å². The zero-order valence-electron chi connectivity index (χ0n) is 16.8. The Kier molecular flexibility index (Phi) is 12.4. The SMILES string of the molecule is N#Cc1ccc(Cl)cc1O[C@H](CCCNCCCO)c1ccccc1.O=C(O)C(=O)O. The van der Waals surface area contributed by atoms with Gasteiger partial charge in [0.1, 0.15) is 17.9 Å². The summed E-state index contributed by atoms with van der Waals surface area (Å²) in [7, 11) is 0. The molecule has 0 unspecified atom stereocenters. The number of hydrogen-bond donors (Lipinski definition) is 4. The number of ether oxygens (including phenoxy) is 1. The van der Waals surface area contributed by atoms with Crippen molar-refractivity contribution in [3.05, 3.63) is 64.7 Å². The maximum absolute atomic E-state index is 9.29. The molecule has 2 aromatic carbocycles. The number of hydrogen-bond acceptors (Lipinski definition) is 6. The first-order valence-electron chi connectivity index (χ1n) is 9.58. The van der Waals surface area contributed by atoms with Crippen molar-refractivity contribution in [2.45, 2.75) is 25.4 Å². The minimum absolute atomic E-state index is 0.147. The monoisotopic (exact) mass is 448 g/mol. The Morgan fingerprint density at radius 2 is 1.71 bits per heavy atom. The van der Waals surface area contributed by atoms with Gasteiger partial charge in [-0.2, -0.15) is 5.26 Å². The molecule has 0 fully saturated rings. The number of carboxylic acid groups (broad SMARTS) is 2. The van der Waals surface area contributed by atoms with E-state index < -0.39 is 11.9 Å². The van der Waals surface area contributed by atoms with Crippen molar-refractivity contribution in [1.29, 1.82) is 5.26 Å². The molecular formula is C22H25ClN2O6. The maximum atomic E-state index is 9.29. The quantitative estimate of drug-likeness (QED) is 0.321. The molecular weight excluding hydrogens is 424 g/mol. The van der Waals surface area contributed by atoms with Gasteiger partial charge in [-0.1, -0.05) is 41.9 Å². The molecule has 0 spiro atoms. The van der Waals surface area contributed by atoms with Gasteiger partial charge in [0.15, 0.2) is 0 Å². The average Bonchev–Trinajstić information content (AvgIpc) is 2.76. The molecule has 0 heterocycles. The van der Waals surface area contributed by atoms with Crippen LogP contribution < -0.4 is 10.1 Å². The first-order chi connectivity index (χ1) is 14.9. The van der Waals surface area contributed by atoms with Gasteiger partial charge in [0.2, 0.25) is 0 Å². The molecule has 2 aromatic rings. The van der Waals surface area contributed by atoms with Crippen LogP contribution in [0.3, 0.4) is 0 Å². The Morgan fingerprint density at radius 1 is 1.06 bits per heavy atom. The highest BCUT2D eigenvalue weighted by atomic mass is 35.5. The fraction of sp³-hybridized carbons (Fsp3) is 0.318. The summed E-state index contributed by atoms with van der Waals surface area (Å²) in [4.78, 5) is 18.2. The highest BCUT2D eigenvalue weighted by Gasteiger charge is 2.15. The van der Waals surface area contributed by atoms with E-state index >= 15 is 0 Å². The smallest absolute Gasteiger partial charge is 0.414 e. The van der Waals surface area contributed by atoms with Crippen LogP contribution >= 0.6 is 11.6 Å². The Morgan fingerprint density at radius 3 is 2.29 bits per heavy atom. The van der Waals surface area contributed by atoms with Crippen LogP contribution in [0.5, 0.6) is 5.75 Å². The summed E-state index contributed by atoms with van der Waals surface area (Å²) in [6.07, 6.45) is 2.35. The van der Waals surface area contributed by atoms with Gasteiger partial charge in [0.05, 0.1) is 5.56 Å². The number of carboxylic acids is 2. The van der Waals surface area contributed by atoms with Gasteiger partial charge in [-0.05, 0) is 50.0 Å². The van der Waals surface area contributed by atoms with Gasteiger partial charge < -0.3 is 25.4 Å². The fourth-order valence-corrected chi connectivity index (χ4v) is 2.70. The van der Waals surface area contributed by atoms with Crippen LogP contribution in [-0.2, 0) is 9.59 Å². The van der Waals surface area contributed by atoms with Crippen molar-refractivity contribution in [3.8, 4) is 11.8 Å². The Balaban J connectivity index is 0.000000703. The van der Waals surface area contributed by atoms with Gasteiger partial charge in [-0.25, -0.2) is 9.59 Å². The number of nitrogens with zero attached hydrogens (tertiary/aromatic N) is 1. The predicted molar refractivity (Wildman–Crippen MR) is 115 cm³/mol. The minimum atomic E-state index is -1.82. The molecule has 9 heteroatoms. The standard InChI is InChI=1S/C20H23ClN2O2.C2H2O4/c21-18-10-9-17(15-22)20(14-18)25-19(16-6-2-1-3-7-16)8-4-11-23-12-5-13-24;3-1(4)2(5)6/h1-3,6-7,9-10,14,19,23-24H,4-5,8,11-13H2;(H,3,4)(H,5,6)/t19-;/m1./s1. The molecule has 0 aliphatic heterocycles. The van der Waals surface area contributed by atoms with Crippen molar-refractivity contribution < 1.29 is 29.6 Å². The highest BCUT2D eigenvalue weighted by molar-refractivity contribution is 6.30. The van der Waals surface area contributed by atoms with Crippen LogP contribution in [0.4, 0.5) is 0 Å². The largest absolute Gasteiger partial charge is 0.484 e. The fourth-order valence-electron chi connectivity index (χ4n) is 2.54. The molecule has 31 heavy (non-hydrogen) atoms. The van der Waals surface area contributed by atoms with Crippen molar-refractivity contribution in [3.63, 3.8) is 0 Å². The van der Waals surface area contributed by atoms with Gasteiger partial charge in [0.25, 0.3) is 0 Å². The molecule has 0 saturated carbocycles. The van der Waals surface area contributed by atoms with Crippen molar-refractivity contribution in [2.24, 2.45) is 0 Å². The number of aliphatic carboxylic acids is 2. The van der Waals surface area contributed by atoms with Crippen LogP contribution in [0.1, 0.15) is 36.5 Å². The molecule has 8 nitrogen and oxygen atoms in total. The van der Waals surface area contributed by atoms with Gasteiger partial charge >= 0.3 is 11.9 Å².